The van der Waals surface area contributed by atoms with Crippen LogP contribution in [0, 0.1) is 0 Å². The SMILES string of the molecule is Nc1cccc2c1N=NCC=C2. The van der Waals surface area contributed by atoms with E-state index in [1.54, 1.807) is 0 Å². The summed E-state index contributed by atoms with van der Waals surface area (Å²) in [6, 6.07) is 5.73. The summed E-state index contributed by atoms with van der Waals surface area (Å²) in [5.74, 6) is 0. The van der Waals surface area contributed by atoms with Gasteiger partial charge in [0.25, 0.3) is 0 Å². The van der Waals surface area contributed by atoms with Gasteiger partial charge in [0, 0.05) is 5.56 Å². The summed E-state index contributed by atoms with van der Waals surface area (Å²) >= 11 is 0. The van der Waals surface area contributed by atoms with E-state index in [1.807, 2.05) is 30.4 Å². The van der Waals surface area contributed by atoms with Crippen LogP contribution in [0.15, 0.2) is 34.5 Å². The van der Waals surface area contributed by atoms with Crippen LogP contribution >= 0.6 is 0 Å². The fourth-order valence-corrected chi connectivity index (χ4v) is 1.17. The summed E-state index contributed by atoms with van der Waals surface area (Å²) in [7, 11) is 0. The third-order valence-corrected chi connectivity index (χ3v) is 1.75. The summed E-state index contributed by atoms with van der Waals surface area (Å²) in [4.78, 5) is 0. The number of benzene rings is 1. The Labute approximate surface area is 70.6 Å². The molecule has 0 unspecified atom stereocenters. The van der Waals surface area contributed by atoms with Gasteiger partial charge in [0.15, 0.2) is 0 Å². The molecule has 2 rings (SSSR count). The molecule has 0 radical (unpaired) electrons. The molecule has 3 nitrogen and oxygen atoms in total. The molecular formula is C9H9N3. The molecule has 1 aliphatic heterocycles. The van der Waals surface area contributed by atoms with Gasteiger partial charge in [-0.2, -0.15) is 10.2 Å². The van der Waals surface area contributed by atoms with E-state index in [4.69, 9.17) is 5.73 Å². The quantitative estimate of drug-likeness (QED) is 0.580. The Hall–Kier alpha value is -1.64. The van der Waals surface area contributed by atoms with Gasteiger partial charge >= 0.3 is 0 Å². The van der Waals surface area contributed by atoms with Gasteiger partial charge in [-0.1, -0.05) is 24.3 Å². The summed E-state index contributed by atoms with van der Waals surface area (Å²) in [6.07, 6.45) is 3.96. The summed E-state index contributed by atoms with van der Waals surface area (Å²) in [5, 5.41) is 7.96. The summed E-state index contributed by atoms with van der Waals surface area (Å²) in [5.41, 5.74) is 8.23. The molecule has 0 atom stereocenters. The lowest BCUT2D eigenvalue weighted by atomic mass is 10.1. The lowest BCUT2D eigenvalue weighted by Gasteiger charge is -2.00. The van der Waals surface area contributed by atoms with Gasteiger partial charge in [-0.25, -0.2) is 0 Å². The average Bonchev–Trinajstić information content (AvgIpc) is 2.30. The first-order chi connectivity index (χ1) is 5.88. The van der Waals surface area contributed by atoms with Crippen molar-refractivity contribution in [3.8, 4) is 0 Å². The Morgan fingerprint density at radius 1 is 1.33 bits per heavy atom. The molecule has 1 aromatic rings. The number of anilines is 1. The number of hydrogen-bond acceptors (Lipinski definition) is 3. The number of nitrogen functional groups attached to an aromatic ring is 1. The molecule has 3 heteroatoms. The number of azo groups is 1. The van der Waals surface area contributed by atoms with Gasteiger partial charge in [0.1, 0.15) is 5.69 Å². The van der Waals surface area contributed by atoms with Crippen molar-refractivity contribution in [1.82, 2.24) is 0 Å². The van der Waals surface area contributed by atoms with Crippen LogP contribution in [0.4, 0.5) is 11.4 Å². The highest BCUT2D eigenvalue weighted by atomic mass is 15.1. The molecule has 1 heterocycles. The predicted octanol–water partition coefficient (Wildman–Crippen LogP) is 2.38. The van der Waals surface area contributed by atoms with E-state index in [1.165, 1.54) is 0 Å². The molecule has 0 fully saturated rings. The van der Waals surface area contributed by atoms with Crippen LogP contribution in [0.25, 0.3) is 6.08 Å². The van der Waals surface area contributed by atoms with Gasteiger partial charge in [0.05, 0.1) is 12.2 Å². The lowest BCUT2D eigenvalue weighted by molar-refractivity contribution is 1.08. The third kappa shape index (κ3) is 1.09. The van der Waals surface area contributed by atoms with E-state index in [-0.39, 0.29) is 0 Å². The van der Waals surface area contributed by atoms with E-state index in [0.29, 0.717) is 12.2 Å². The van der Waals surface area contributed by atoms with Crippen LogP contribution in [0.3, 0.4) is 0 Å². The molecular weight excluding hydrogens is 150 g/mol. The van der Waals surface area contributed by atoms with Gasteiger partial charge < -0.3 is 5.73 Å². The van der Waals surface area contributed by atoms with E-state index in [0.717, 1.165) is 11.3 Å². The number of nitrogens with two attached hydrogens (primary N) is 1. The second kappa shape index (κ2) is 2.77. The highest BCUT2D eigenvalue weighted by Crippen LogP contribution is 2.29. The van der Waals surface area contributed by atoms with Crippen molar-refractivity contribution >= 4 is 17.5 Å². The average molecular weight is 159 g/mol. The second-order valence-corrected chi connectivity index (χ2v) is 2.61. The van der Waals surface area contributed by atoms with Crippen LogP contribution in [0.2, 0.25) is 0 Å². The standard InChI is InChI=1S/C9H9N3/c10-8-5-1-3-7-4-2-6-11-12-9(7)8/h1-5H,6,10H2. The highest BCUT2D eigenvalue weighted by molar-refractivity contribution is 5.75. The Morgan fingerprint density at radius 3 is 3.17 bits per heavy atom. The molecule has 0 aromatic heterocycles. The van der Waals surface area contributed by atoms with Gasteiger partial charge in [-0.05, 0) is 6.07 Å². The Morgan fingerprint density at radius 2 is 2.25 bits per heavy atom. The lowest BCUT2D eigenvalue weighted by Crippen LogP contribution is -1.85. The fourth-order valence-electron chi connectivity index (χ4n) is 1.17. The van der Waals surface area contributed by atoms with Crippen LogP contribution in [0.1, 0.15) is 5.56 Å². The second-order valence-electron chi connectivity index (χ2n) is 2.61. The monoisotopic (exact) mass is 159 g/mol. The number of fused-ring (bicyclic) bond motifs is 1. The maximum atomic E-state index is 5.72. The van der Waals surface area contributed by atoms with Gasteiger partial charge in [-0.15, -0.1) is 0 Å². The number of nitrogens with zero attached hydrogens (tertiary/aromatic N) is 2. The van der Waals surface area contributed by atoms with Crippen molar-refractivity contribution in [2.45, 2.75) is 0 Å². The first-order valence-corrected chi connectivity index (χ1v) is 3.80. The minimum atomic E-state index is 0.633. The Bertz CT molecular complexity index is 353. The predicted molar refractivity (Wildman–Crippen MR) is 49.3 cm³/mol. The topological polar surface area (TPSA) is 50.7 Å². The molecule has 0 spiro atoms. The smallest absolute Gasteiger partial charge is 0.115 e. The summed E-state index contributed by atoms with van der Waals surface area (Å²) in [6.45, 7) is 0.633. The zero-order chi connectivity index (χ0) is 8.39. The normalized spacial score (nSPS) is 14.0. The molecule has 1 aliphatic rings. The van der Waals surface area contributed by atoms with E-state index in [2.05, 4.69) is 10.2 Å². The van der Waals surface area contributed by atoms with Crippen molar-refractivity contribution in [3.63, 3.8) is 0 Å². The van der Waals surface area contributed by atoms with Crippen LogP contribution in [0.5, 0.6) is 0 Å². The summed E-state index contributed by atoms with van der Waals surface area (Å²) < 4.78 is 0. The maximum Gasteiger partial charge on any atom is 0.115 e. The fraction of sp³-hybridized carbons (Fsp3) is 0.111. The van der Waals surface area contributed by atoms with Crippen LogP contribution in [-0.4, -0.2) is 6.54 Å². The van der Waals surface area contributed by atoms with Crippen molar-refractivity contribution in [1.29, 1.82) is 0 Å². The Kier molecular flexibility index (Phi) is 1.63. The molecule has 0 saturated carbocycles. The van der Waals surface area contributed by atoms with Crippen molar-refractivity contribution in [3.05, 3.63) is 29.8 Å². The zero-order valence-corrected chi connectivity index (χ0v) is 6.57. The maximum absolute atomic E-state index is 5.72. The van der Waals surface area contributed by atoms with Gasteiger partial charge in [0.2, 0.25) is 0 Å². The first-order valence-electron chi connectivity index (χ1n) is 3.80. The molecule has 0 amide bonds. The van der Waals surface area contributed by atoms with Gasteiger partial charge in [-0.3, -0.25) is 0 Å². The van der Waals surface area contributed by atoms with Crippen molar-refractivity contribution in [2.24, 2.45) is 10.2 Å². The van der Waals surface area contributed by atoms with Crippen LogP contribution < -0.4 is 5.73 Å². The molecule has 0 bridgehead atoms. The largest absolute Gasteiger partial charge is 0.397 e. The molecule has 1 aromatic carbocycles. The molecule has 12 heavy (non-hydrogen) atoms. The minimum Gasteiger partial charge on any atom is -0.397 e. The van der Waals surface area contributed by atoms with Crippen LogP contribution in [-0.2, 0) is 0 Å². The van der Waals surface area contributed by atoms with Crippen molar-refractivity contribution in [2.75, 3.05) is 12.3 Å². The highest BCUT2D eigenvalue weighted by Gasteiger charge is 2.03. The first kappa shape index (κ1) is 7.03. The number of rotatable bonds is 0. The zero-order valence-electron chi connectivity index (χ0n) is 6.57. The molecule has 2 N–H and O–H groups in total. The van der Waals surface area contributed by atoms with E-state index < -0.39 is 0 Å². The minimum absolute atomic E-state index is 0.633. The Balaban J connectivity index is 2.65. The molecule has 0 aliphatic carbocycles. The van der Waals surface area contributed by atoms with E-state index >= 15 is 0 Å². The van der Waals surface area contributed by atoms with Crippen molar-refractivity contribution < 1.29 is 0 Å². The molecule has 60 valence electrons. The number of hydrogen-bond donors (Lipinski definition) is 1. The van der Waals surface area contributed by atoms with E-state index in [9.17, 15) is 0 Å². The third-order valence-electron chi connectivity index (χ3n) is 1.75. The molecule has 0 saturated heterocycles.